The SMILES string of the molecule is CNCCC1CCN(C(=O)c2cc(OC)c(OC)cc2OC)CC1. The normalized spacial score (nSPS) is 15.2. The summed E-state index contributed by atoms with van der Waals surface area (Å²) in [6.45, 7) is 2.59. The van der Waals surface area contributed by atoms with Crippen molar-refractivity contribution in [2.75, 3.05) is 48.0 Å². The second-order valence-electron chi connectivity index (χ2n) is 6.04. The van der Waals surface area contributed by atoms with E-state index in [0.29, 0.717) is 28.7 Å². The summed E-state index contributed by atoms with van der Waals surface area (Å²) in [5, 5.41) is 3.19. The van der Waals surface area contributed by atoms with Gasteiger partial charge in [-0.15, -0.1) is 0 Å². The van der Waals surface area contributed by atoms with Gasteiger partial charge in [-0.3, -0.25) is 4.79 Å². The lowest BCUT2D eigenvalue weighted by atomic mass is 9.93. The molecule has 0 atom stereocenters. The van der Waals surface area contributed by atoms with E-state index >= 15 is 0 Å². The third-order valence-corrected chi connectivity index (χ3v) is 4.64. The zero-order chi connectivity index (χ0) is 17.5. The Hall–Kier alpha value is -1.95. The molecule has 0 radical (unpaired) electrons. The zero-order valence-electron chi connectivity index (χ0n) is 15.1. The maximum absolute atomic E-state index is 12.9. The van der Waals surface area contributed by atoms with Gasteiger partial charge in [0.15, 0.2) is 11.5 Å². The van der Waals surface area contributed by atoms with Gasteiger partial charge in [-0.2, -0.15) is 0 Å². The number of benzene rings is 1. The molecule has 24 heavy (non-hydrogen) atoms. The van der Waals surface area contributed by atoms with E-state index in [-0.39, 0.29) is 5.91 Å². The molecule has 1 N–H and O–H groups in total. The summed E-state index contributed by atoms with van der Waals surface area (Å²) in [5.74, 6) is 2.27. The molecule has 1 aromatic rings. The van der Waals surface area contributed by atoms with E-state index in [1.807, 2.05) is 11.9 Å². The number of methoxy groups -OCH3 is 3. The highest BCUT2D eigenvalue weighted by atomic mass is 16.5. The predicted octanol–water partition coefficient (Wildman–Crippen LogP) is 2.17. The summed E-state index contributed by atoms with van der Waals surface area (Å²) >= 11 is 0. The molecule has 2 rings (SSSR count). The first kappa shape index (κ1) is 18.4. The summed E-state index contributed by atoms with van der Waals surface area (Å²) in [6, 6.07) is 3.40. The van der Waals surface area contributed by atoms with Crippen LogP contribution in [0.5, 0.6) is 17.2 Å². The minimum Gasteiger partial charge on any atom is -0.496 e. The first-order valence-corrected chi connectivity index (χ1v) is 8.38. The molecular formula is C18H28N2O4. The van der Waals surface area contributed by atoms with Crippen LogP contribution in [0.25, 0.3) is 0 Å². The standard InChI is InChI=1S/C18H28N2O4/c1-19-8-5-13-6-9-20(10-7-13)18(21)14-11-16(23-3)17(24-4)12-15(14)22-2/h11-13,19H,5-10H2,1-4H3. The fourth-order valence-corrected chi connectivity index (χ4v) is 3.14. The first-order valence-electron chi connectivity index (χ1n) is 8.38. The number of likely N-dealkylation sites (tertiary alicyclic amines) is 1. The molecule has 1 aliphatic rings. The van der Waals surface area contributed by atoms with E-state index in [0.717, 1.165) is 38.9 Å². The molecule has 6 heteroatoms. The molecule has 1 aromatic carbocycles. The Bertz CT molecular complexity index is 554. The van der Waals surface area contributed by atoms with Gasteiger partial charge in [0.25, 0.3) is 5.91 Å². The van der Waals surface area contributed by atoms with E-state index in [1.54, 1.807) is 33.5 Å². The first-order chi connectivity index (χ1) is 11.6. The predicted molar refractivity (Wildman–Crippen MR) is 93.3 cm³/mol. The van der Waals surface area contributed by atoms with E-state index < -0.39 is 0 Å². The third-order valence-electron chi connectivity index (χ3n) is 4.64. The average Bonchev–Trinajstić information content (AvgIpc) is 2.64. The zero-order valence-corrected chi connectivity index (χ0v) is 15.1. The van der Waals surface area contributed by atoms with E-state index in [4.69, 9.17) is 14.2 Å². The van der Waals surface area contributed by atoms with Crippen LogP contribution >= 0.6 is 0 Å². The molecule has 0 aromatic heterocycles. The van der Waals surface area contributed by atoms with Crippen LogP contribution in [-0.4, -0.2) is 58.8 Å². The quantitative estimate of drug-likeness (QED) is 0.827. The van der Waals surface area contributed by atoms with Gasteiger partial charge >= 0.3 is 0 Å². The fraction of sp³-hybridized carbons (Fsp3) is 0.611. The Morgan fingerprint density at radius 3 is 2.21 bits per heavy atom. The Balaban J connectivity index is 2.12. The lowest BCUT2D eigenvalue weighted by Gasteiger charge is -2.32. The van der Waals surface area contributed by atoms with Gasteiger partial charge in [-0.05, 0) is 38.8 Å². The van der Waals surface area contributed by atoms with Crippen LogP contribution in [0.3, 0.4) is 0 Å². The van der Waals surface area contributed by atoms with Crippen molar-refractivity contribution in [3.05, 3.63) is 17.7 Å². The Kier molecular flexibility index (Phi) is 6.73. The molecule has 0 aliphatic carbocycles. The summed E-state index contributed by atoms with van der Waals surface area (Å²) in [6.07, 6.45) is 3.25. The molecule has 0 saturated carbocycles. The molecule has 6 nitrogen and oxygen atoms in total. The number of hydrogen-bond donors (Lipinski definition) is 1. The number of rotatable bonds is 7. The molecular weight excluding hydrogens is 308 g/mol. The lowest BCUT2D eigenvalue weighted by Crippen LogP contribution is -2.39. The molecule has 1 heterocycles. The molecule has 0 unspecified atom stereocenters. The number of ether oxygens (including phenoxy) is 3. The number of piperidine rings is 1. The number of nitrogens with zero attached hydrogens (tertiary/aromatic N) is 1. The fourth-order valence-electron chi connectivity index (χ4n) is 3.14. The number of hydrogen-bond acceptors (Lipinski definition) is 5. The van der Waals surface area contributed by atoms with Crippen molar-refractivity contribution in [3.8, 4) is 17.2 Å². The van der Waals surface area contributed by atoms with Crippen LogP contribution in [0, 0.1) is 5.92 Å². The Morgan fingerprint density at radius 1 is 1.08 bits per heavy atom. The summed E-state index contributed by atoms with van der Waals surface area (Å²) in [4.78, 5) is 14.8. The van der Waals surface area contributed by atoms with Crippen LogP contribution in [-0.2, 0) is 0 Å². The number of carbonyl (C=O) groups excluding carboxylic acids is 1. The van der Waals surface area contributed by atoms with Gasteiger partial charge in [0, 0.05) is 25.2 Å². The Morgan fingerprint density at radius 2 is 1.67 bits per heavy atom. The van der Waals surface area contributed by atoms with Gasteiger partial charge in [-0.1, -0.05) is 0 Å². The molecule has 134 valence electrons. The highest BCUT2D eigenvalue weighted by Gasteiger charge is 2.26. The van der Waals surface area contributed by atoms with Crippen LogP contribution in [0.2, 0.25) is 0 Å². The highest BCUT2D eigenvalue weighted by molar-refractivity contribution is 5.98. The van der Waals surface area contributed by atoms with Crippen molar-refractivity contribution in [2.45, 2.75) is 19.3 Å². The van der Waals surface area contributed by atoms with E-state index in [1.165, 1.54) is 0 Å². The van der Waals surface area contributed by atoms with Gasteiger partial charge in [0.2, 0.25) is 0 Å². The molecule has 1 amide bonds. The van der Waals surface area contributed by atoms with E-state index in [9.17, 15) is 4.79 Å². The lowest BCUT2D eigenvalue weighted by molar-refractivity contribution is 0.0683. The largest absolute Gasteiger partial charge is 0.496 e. The molecule has 1 fully saturated rings. The van der Waals surface area contributed by atoms with Crippen molar-refractivity contribution in [2.24, 2.45) is 5.92 Å². The van der Waals surface area contributed by atoms with Crippen LogP contribution in [0.4, 0.5) is 0 Å². The minimum absolute atomic E-state index is 0.0140. The average molecular weight is 336 g/mol. The molecule has 1 aliphatic heterocycles. The monoisotopic (exact) mass is 336 g/mol. The van der Waals surface area contributed by atoms with Gasteiger partial charge < -0.3 is 24.4 Å². The maximum atomic E-state index is 12.9. The third kappa shape index (κ3) is 4.12. The molecule has 1 saturated heterocycles. The minimum atomic E-state index is -0.0140. The van der Waals surface area contributed by atoms with Crippen LogP contribution in [0.15, 0.2) is 12.1 Å². The topological polar surface area (TPSA) is 60.0 Å². The summed E-state index contributed by atoms with van der Waals surface area (Å²) < 4.78 is 16.0. The van der Waals surface area contributed by atoms with Crippen molar-refractivity contribution in [3.63, 3.8) is 0 Å². The summed E-state index contributed by atoms with van der Waals surface area (Å²) in [5.41, 5.74) is 0.517. The van der Waals surface area contributed by atoms with Crippen LogP contribution < -0.4 is 19.5 Å². The smallest absolute Gasteiger partial charge is 0.257 e. The van der Waals surface area contributed by atoms with Crippen molar-refractivity contribution in [1.29, 1.82) is 0 Å². The number of nitrogens with one attached hydrogen (secondary N) is 1. The van der Waals surface area contributed by atoms with Crippen molar-refractivity contribution < 1.29 is 19.0 Å². The van der Waals surface area contributed by atoms with Crippen molar-refractivity contribution in [1.82, 2.24) is 10.2 Å². The van der Waals surface area contributed by atoms with Gasteiger partial charge in [0.1, 0.15) is 5.75 Å². The maximum Gasteiger partial charge on any atom is 0.257 e. The second-order valence-corrected chi connectivity index (χ2v) is 6.04. The number of carbonyl (C=O) groups is 1. The Labute approximate surface area is 144 Å². The van der Waals surface area contributed by atoms with E-state index in [2.05, 4.69) is 5.32 Å². The van der Waals surface area contributed by atoms with Crippen LogP contribution in [0.1, 0.15) is 29.6 Å². The van der Waals surface area contributed by atoms with Gasteiger partial charge in [0.05, 0.1) is 26.9 Å². The molecule has 0 spiro atoms. The summed E-state index contributed by atoms with van der Waals surface area (Å²) in [7, 11) is 6.66. The highest BCUT2D eigenvalue weighted by Crippen LogP contribution is 2.35. The van der Waals surface area contributed by atoms with Crippen molar-refractivity contribution >= 4 is 5.91 Å². The number of amides is 1. The van der Waals surface area contributed by atoms with Gasteiger partial charge in [-0.25, -0.2) is 0 Å². The molecule has 0 bridgehead atoms. The second kappa shape index (κ2) is 8.78.